The highest BCUT2D eigenvalue weighted by Gasteiger charge is 2.09. The summed E-state index contributed by atoms with van der Waals surface area (Å²) in [4.78, 5) is 0. The first-order valence-corrected chi connectivity index (χ1v) is 6.63. The van der Waals surface area contributed by atoms with E-state index in [4.69, 9.17) is 21.4 Å². The van der Waals surface area contributed by atoms with Crippen LogP contribution in [0.5, 0.6) is 5.75 Å². The van der Waals surface area contributed by atoms with Crippen molar-refractivity contribution in [1.82, 2.24) is 0 Å². The van der Waals surface area contributed by atoms with Gasteiger partial charge in [-0.2, -0.15) is 0 Å². The Morgan fingerprint density at radius 1 is 1.11 bits per heavy atom. The van der Waals surface area contributed by atoms with Gasteiger partial charge in [-0.05, 0) is 39.2 Å². The SMILES string of the molecule is OCc1cc(Cl)c(OCc2ccccc2)c(Br)c1. The van der Waals surface area contributed by atoms with Crippen molar-refractivity contribution in [3.8, 4) is 5.75 Å². The Balaban J connectivity index is 2.15. The van der Waals surface area contributed by atoms with E-state index in [9.17, 15) is 0 Å². The van der Waals surface area contributed by atoms with Gasteiger partial charge in [0.25, 0.3) is 0 Å². The predicted molar refractivity (Wildman–Crippen MR) is 75.8 cm³/mol. The number of aliphatic hydroxyl groups excluding tert-OH is 1. The van der Waals surface area contributed by atoms with Gasteiger partial charge in [-0.25, -0.2) is 0 Å². The molecule has 0 aliphatic heterocycles. The molecule has 0 atom stereocenters. The van der Waals surface area contributed by atoms with Crippen LogP contribution in [0.3, 0.4) is 0 Å². The maximum Gasteiger partial charge on any atom is 0.152 e. The molecule has 0 amide bonds. The zero-order valence-corrected chi connectivity index (χ0v) is 11.9. The van der Waals surface area contributed by atoms with Gasteiger partial charge in [0.2, 0.25) is 0 Å². The van der Waals surface area contributed by atoms with Crippen LogP contribution in [0.15, 0.2) is 46.9 Å². The first-order chi connectivity index (χ1) is 8.70. The summed E-state index contributed by atoms with van der Waals surface area (Å²) < 4.78 is 6.44. The van der Waals surface area contributed by atoms with Crippen LogP contribution in [0.25, 0.3) is 0 Å². The highest BCUT2D eigenvalue weighted by atomic mass is 79.9. The summed E-state index contributed by atoms with van der Waals surface area (Å²) in [7, 11) is 0. The molecule has 2 rings (SSSR count). The molecular weight excluding hydrogens is 316 g/mol. The van der Waals surface area contributed by atoms with Crippen molar-refractivity contribution in [3.63, 3.8) is 0 Å². The Bertz CT molecular complexity index is 506. The van der Waals surface area contributed by atoms with Crippen LogP contribution in [-0.4, -0.2) is 5.11 Å². The van der Waals surface area contributed by atoms with Crippen LogP contribution in [0.4, 0.5) is 0 Å². The maximum atomic E-state index is 9.06. The highest BCUT2D eigenvalue weighted by Crippen LogP contribution is 2.35. The van der Waals surface area contributed by atoms with E-state index in [1.807, 2.05) is 30.3 Å². The van der Waals surface area contributed by atoms with Gasteiger partial charge < -0.3 is 9.84 Å². The highest BCUT2D eigenvalue weighted by molar-refractivity contribution is 9.10. The molecule has 0 saturated heterocycles. The minimum Gasteiger partial charge on any atom is -0.486 e. The molecule has 2 aromatic rings. The van der Waals surface area contributed by atoms with Gasteiger partial charge in [-0.1, -0.05) is 41.9 Å². The maximum absolute atomic E-state index is 9.06. The number of halogens is 2. The van der Waals surface area contributed by atoms with E-state index >= 15 is 0 Å². The van der Waals surface area contributed by atoms with Crippen LogP contribution in [-0.2, 0) is 13.2 Å². The zero-order valence-electron chi connectivity index (χ0n) is 9.57. The van der Waals surface area contributed by atoms with Crippen molar-refractivity contribution in [1.29, 1.82) is 0 Å². The second kappa shape index (κ2) is 6.23. The van der Waals surface area contributed by atoms with E-state index in [1.54, 1.807) is 12.1 Å². The van der Waals surface area contributed by atoms with Gasteiger partial charge >= 0.3 is 0 Å². The summed E-state index contributed by atoms with van der Waals surface area (Å²) in [5, 5.41) is 9.56. The van der Waals surface area contributed by atoms with Gasteiger partial charge in [0.1, 0.15) is 6.61 Å². The lowest BCUT2D eigenvalue weighted by Gasteiger charge is -2.11. The van der Waals surface area contributed by atoms with Gasteiger partial charge in [0.05, 0.1) is 16.1 Å². The van der Waals surface area contributed by atoms with Crippen molar-refractivity contribution in [2.75, 3.05) is 0 Å². The zero-order chi connectivity index (χ0) is 13.0. The molecule has 2 nitrogen and oxygen atoms in total. The monoisotopic (exact) mass is 326 g/mol. The third-order valence-corrected chi connectivity index (χ3v) is 3.34. The van der Waals surface area contributed by atoms with Crippen LogP contribution in [0.1, 0.15) is 11.1 Å². The smallest absolute Gasteiger partial charge is 0.152 e. The number of benzene rings is 2. The lowest BCUT2D eigenvalue weighted by atomic mass is 10.2. The van der Waals surface area contributed by atoms with E-state index < -0.39 is 0 Å². The third-order valence-electron chi connectivity index (χ3n) is 2.47. The Kier molecular flexibility index (Phi) is 4.64. The molecule has 0 aliphatic carbocycles. The molecule has 18 heavy (non-hydrogen) atoms. The Morgan fingerprint density at radius 2 is 1.83 bits per heavy atom. The molecule has 0 radical (unpaired) electrons. The van der Waals surface area contributed by atoms with Gasteiger partial charge in [-0.15, -0.1) is 0 Å². The molecule has 0 spiro atoms. The van der Waals surface area contributed by atoms with Gasteiger partial charge in [0.15, 0.2) is 5.75 Å². The van der Waals surface area contributed by atoms with Crippen LogP contribution >= 0.6 is 27.5 Å². The Labute approximate surface area is 119 Å². The van der Waals surface area contributed by atoms with Crippen LogP contribution in [0.2, 0.25) is 5.02 Å². The number of rotatable bonds is 4. The third kappa shape index (κ3) is 3.25. The van der Waals surface area contributed by atoms with Crippen molar-refractivity contribution >= 4 is 27.5 Å². The molecule has 0 aromatic heterocycles. The molecule has 0 bridgehead atoms. The fourth-order valence-electron chi connectivity index (χ4n) is 1.57. The normalized spacial score (nSPS) is 10.4. The summed E-state index contributed by atoms with van der Waals surface area (Å²) in [5.41, 5.74) is 1.82. The largest absolute Gasteiger partial charge is 0.486 e. The summed E-state index contributed by atoms with van der Waals surface area (Å²) in [6.07, 6.45) is 0. The fraction of sp³-hybridized carbons (Fsp3) is 0.143. The van der Waals surface area contributed by atoms with Crippen molar-refractivity contribution in [2.24, 2.45) is 0 Å². The molecule has 0 unspecified atom stereocenters. The van der Waals surface area contributed by atoms with Crippen LogP contribution in [0, 0.1) is 0 Å². The predicted octanol–water partition coefficient (Wildman–Crippen LogP) is 4.17. The number of ether oxygens (including phenoxy) is 1. The van der Waals surface area contributed by atoms with E-state index in [1.165, 1.54) is 0 Å². The first-order valence-electron chi connectivity index (χ1n) is 5.46. The van der Waals surface area contributed by atoms with Crippen molar-refractivity contribution in [2.45, 2.75) is 13.2 Å². The molecule has 2 aromatic carbocycles. The molecule has 4 heteroatoms. The van der Waals surface area contributed by atoms with Gasteiger partial charge in [-0.3, -0.25) is 0 Å². The summed E-state index contributed by atoms with van der Waals surface area (Å²) in [6.45, 7) is 0.412. The topological polar surface area (TPSA) is 29.5 Å². The van der Waals surface area contributed by atoms with Crippen molar-refractivity contribution in [3.05, 3.63) is 63.1 Å². The molecular formula is C14H12BrClO2. The number of hydrogen-bond donors (Lipinski definition) is 1. The lowest BCUT2D eigenvalue weighted by molar-refractivity contribution is 0.280. The Hall–Kier alpha value is -1.03. The molecule has 1 N–H and O–H groups in total. The lowest BCUT2D eigenvalue weighted by Crippen LogP contribution is -1.97. The molecule has 94 valence electrons. The van der Waals surface area contributed by atoms with E-state index in [0.717, 1.165) is 15.6 Å². The summed E-state index contributed by atoms with van der Waals surface area (Å²) >= 11 is 9.51. The number of aliphatic hydroxyl groups is 1. The molecule has 0 heterocycles. The summed E-state index contributed by atoms with van der Waals surface area (Å²) in [6, 6.07) is 13.4. The minimum atomic E-state index is -0.0444. The van der Waals surface area contributed by atoms with Gasteiger partial charge in [0, 0.05) is 0 Å². The fourth-order valence-corrected chi connectivity index (χ4v) is 2.60. The first kappa shape index (κ1) is 13.4. The quantitative estimate of drug-likeness (QED) is 0.913. The summed E-state index contributed by atoms with van der Waals surface area (Å²) in [5.74, 6) is 0.595. The number of hydrogen-bond acceptors (Lipinski definition) is 2. The Morgan fingerprint density at radius 3 is 2.44 bits per heavy atom. The van der Waals surface area contributed by atoms with E-state index in [2.05, 4.69) is 15.9 Å². The van der Waals surface area contributed by atoms with E-state index in [0.29, 0.717) is 17.4 Å². The molecule has 0 fully saturated rings. The molecule has 0 aliphatic rings. The van der Waals surface area contributed by atoms with E-state index in [-0.39, 0.29) is 6.61 Å². The average Bonchev–Trinajstić information content (AvgIpc) is 2.38. The second-order valence-corrected chi connectivity index (χ2v) is 5.08. The second-order valence-electron chi connectivity index (χ2n) is 3.82. The average molecular weight is 328 g/mol. The van der Waals surface area contributed by atoms with Crippen LogP contribution < -0.4 is 4.74 Å². The van der Waals surface area contributed by atoms with Crippen molar-refractivity contribution < 1.29 is 9.84 Å². The molecule has 0 saturated carbocycles. The minimum absolute atomic E-state index is 0.0444. The standard InChI is InChI=1S/C14H12BrClO2/c15-12-6-11(8-17)7-13(16)14(12)18-9-10-4-2-1-3-5-10/h1-7,17H,8-9H2.